The molecular formula is C17H14ClF5N2O4S. The summed E-state index contributed by atoms with van der Waals surface area (Å²) in [5, 5.41) is 13.4. The van der Waals surface area contributed by atoms with Gasteiger partial charge < -0.3 is 19.9 Å². The lowest BCUT2D eigenvalue weighted by Gasteiger charge is -2.52. The first kappa shape index (κ1) is 21.3. The first-order chi connectivity index (χ1) is 13.8. The number of hydrogen-bond acceptors (Lipinski definition) is 6. The number of alkyl carbamates (subject to hydrolysis) is 1. The van der Waals surface area contributed by atoms with Gasteiger partial charge in [0.1, 0.15) is 17.9 Å². The van der Waals surface area contributed by atoms with Crippen LogP contribution in [0.1, 0.15) is 23.8 Å². The van der Waals surface area contributed by atoms with Crippen LogP contribution < -0.4 is 10.1 Å². The molecule has 2 aliphatic heterocycles. The van der Waals surface area contributed by atoms with Crippen molar-refractivity contribution in [3.05, 3.63) is 27.6 Å². The lowest BCUT2D eigenvalue weighted by atomic mass is 9.88. The van der Waals surface area contributed by atoms with Crippen LogP contribution in [0, 0.1) is 0 Å². The van der Waals surface area contributed by atoms with Gasteiger partial charge in [-0.25, -0.2) is 13.6 Å². The second kappa shape index (κ2) is 6.81. The van der Waals surface area contributed by atoms with Gasteiger partial charge >= 0.3 is 12.5 Å². The lowest BCUT2D eigenvalue weighted by Crippen LogP contribution is -2.72. The van der Waals surface area contributed by atoms with E-state index in [1.54, 1.807) is 4.90 Å². The number of nitrogens with one attached hydrogen (secondary N) is 1. The van der Waals surface area contributed by atoms with E-state index in [9.17, 15) is 31.9 Å². The minimum Gasteiger partial charge on any atom is -0.447 e. The number of likely N-dealkylation sites (tertiary alicyclic amines) is 1. The summed E-state index contributed by atoms with van der Waals surface area (Å²) < 4.78 is 73.5. The highest BCUT2D eigenvalue weighted by atomic mass is 35.5. The summed E-state index contributed by atoms with van der Waals surface area (Å²) >= 11 is 7.10. The third-order valence-corrected chi connectivity index (χ3v) is 6.91. The van der Waals surface area contributed by atoms with E-state index in [1.165, 1.54) is 6.92 Å². The predicted molar refractivity (Wildman–Crippen MR) is 96.8 cm³/mol. The van der Waals surface area contributed by atoms with E-state index in [4.69, 9.17) is 16.3 Å². The first-order valence-corrected chi connectivity index (χ1v) is 9.73. The van der Waals surface area contributed by atoms with Gasteiger partial charge in [0.05, 0.1) is 9.90 Å². The number of carbonyl (C=O) groups excluding carboxylic acids is 1. The highest BCUT2D eigenvalue weighted by Crippen LogP contribution is 2.49. The molecule has 2 aromatic rings. The lowest BCUT2D eigenvalue weighted by molar-refractivity contribution is -0.274. The number of alkyl halides is 5. The number of cyclic esters (lactones) is 1. The first-order valence-electron chi connectivity index (χ1n) is 8.54. The smallest absolute Gasteiger partial charge is 0.447 e. The van der Waals surface area contributed by atoms with E-state index < -0.39 is 41.5 Å². The van der Waals surface area contributed by atoms with Gasteiger partial charge in [0, 0.05) is 28.7 Å². The van der Waals surface area contributed by atoms with E-state index in [0.29, 0.717) is 6.07 Å². The van der Waals surface area contributed by atoms with E-state index in [0.717, 1.165) is 17.4 Å². The molecule has 3 heterocycles. The van der Waals surface area contributed by atoms with Crippen LogP contribution in [0.5, 0.6) is 5.75 Å². The van der Waals surface area contributed by atoms with Crippen molar-refractivity contribution in [2.45, 2.75) is 31.0 Å². The number of nitrogens with zero attached hydrogens (tertiary/aromatic N) is 1. The molecule has 0 saturated carbocycles. The Balaban J connectivity index is 1.72. The third-order valence-electron chi connectivity index (χ3n) is 5.09. The number of fused-ring (bicyclic) bond motifs is 1. The number of thiophene rings is 1. The summed E-state index contributed by atoms with van der Waals surface area (Å²) in [7, 11) is 0. The number of hydrogen-bond donors (Lipinski definition) is 2. The Morgan fingerprint density at radius 3 is 2.57 bits per heavy atom. The van der Waals surface area contributed by atoms with Crippen molar-refractivity contribution in [2.24, 2.45) is 0 Å². The Labute approximate surface area is 175 Å². The summed E-state index contributed by atoms with van der Waals surface area (Å²) in [6.45, 7) is 1.93. The maximum atomic E-state index is 13.6. The van der Waals surface area contributed by atoms with E-state index in [-0.39, 0.29) is 39.7 Å². The second-order valence-electron chi connectivity index (χ2n) is 7.34. The molecule has 4 rings (SSSR count). The van der Waals surface area contributed by atoms with Crippen molar-refractivity contribution in [3.63, 3.8) is 0 Å². The molecule has 13 heteroatoms. The fourth-order valence-corrected chi connectivity index (χ4v) is 5.45. The van der Waals surface area contributed by atoms with Gasteiger partial charge in [0.15, 0.2) is 5.72 Å². The van der Waals surface area contributed by atoms with Gasteiger partial charge in [0.2, 0.25) is 0 Å². The summed E-state index contributed by atoms with van der Waals surface area (Å²) in [4.78, 5) is 12.9. The largest absolute Gasteiger partial charge is 0.573 e. The van der Waals surface area contributed by atoms with Gasteiger partial charge in [-0.15, -0.1) is 24.5 Å². The molecule has 1 aromatic heterocycles. The fourth-order valence-electron chi connectivity index (χ4n) is 3.66. The van der Waals surface area contributed by atoms with Crippen LogP contribution in [0.15, 0.2) is 12.1 Å². The zero-order valence-corrected chi connectivity index (χ0v) is 16.7. The SMILES string of the molecule is CC(O)(c1sc2cc(OC(F)(F)F)cc(C(F)F)c2c1Cl)N1CC2(COC(=O)N2)C1. The number of rotatable bonds is 4. The molecule has 30 heavy (non-hydrogen) atoms. The summed E-state index contributed by atoms with van der Waals surface area (Å²) in [6.07, 6.45) is -8.75. The monoisotopic (exact) mass is 472 g/mol. The van der Waals surface area contributed by atoms with E-state index >= 15 is 0 Å². The zero-order valence-electron chi connectivity index (χ0n) is 15.1. The molecule has 1 aromatic carbocycles. The molecule has 1 unspecified atom stereocenters. The molecule has 6 nitrogen and oxygen atoms in total. The molecule has 1 atom stereocenters. The average molecular weight is 473 g/mol. The normalized spacial score (nSPS) is 20.9. The van der Waals surface area contributed by atoms with Gasteiger partial charge in [-0.1, -0.05) is 11.6 Å². The van der Waals surface area contributed by atoms with Gasteiger partial charge in [0.25, 0.3) is 6.43 Å². The summed E-state index contributed by atoms with van der Waals surface area (Å²) in [5.41, 5.74) is -3.11. The van der Waals surface area contributed by atoms with Crippen LogP contribution >= 0.6 is 22.9 Å². The van der Waals surface area contributed by atoms with Gasteiger partial charge in [-0.2, -0.15) is 0 Å². The van der Waals surface area contributed by atoms with Crippen molar-refractivity contribution in [1.29, 1.82) is 0 Å². The highest BCUT2D eigenvalue weighted by Gasteiger charge is 2.55. The summed E-state index contributed by atoms with van der Waals surface area (Å²) in [6, 6.07) is 1.54. The Hall–Kier alpha value is -1.89. The summed E-state index contributed by atoms with van der Waals surface area (Å²) in [5.74, 6) is -0.803. The van der Waals surface area contributed by atoms with Crippen LogP contribution in [0.2, 0.25) is 5.02 Å². The standard InChI is InChI=1S/C17H14ClF5N2O4S/c1-15(27,25-4-16(5-25)6-28-14(26)24-16)12-11(18)10-8(13(19)20)2-7(3-9(10)30-12)29-17(21,22)23/h2-3,13,27H,4-6H2,1H3,(H,24,26). The molecule has 2 fully saturated rings. The molecule has 2 N–H and O–H groups in total. The molecular weight excluding hydrogens is 459 g/mol. The number of carbonyl (C=O) groups is 1. The third kappa shape index (κ3) is 3.55. The molecule has 164 valence electrons. The van der Waals surface area contributed by atoms with Crippen LogP contribution in [-0.2, 0) is 10.5 Å². The Morgan fingerprint density at radius 1 is 1.37 bits per heavy atom. The maximum absolute atomic E-state index is 13.6. The van der Waals surface area contributed by atoms with Crippen LogP contribution in [0.25, 0.3) is 10.1 Å². The molecule has 1 spiro atoms. The predicted octanol–water partition coefficient (Wildman–Crippen LogP) is 4.35. The topological polar surface area (TPSA) is 71.0 Å². The molecule has 0 aliphatic carbocycles. The van der Waals surface area contributed by atoms with Crippen molar-refractivity contribution < 1.29 is 41.3 Å². The molecule has 0 radical (unpaired) electrons. The van der Waals surface area contributed by atoms with E-state index in [2.05, 4.69) is 10.1 Å². The fraction of sp³-hybridized carbons (Fsp3) is 0.471. The van der Waals surface area contributed by atoms with E-state index in [1.807, 2.05) is 0 Å². The Kier molecular flexibility index (Phi) is 4.84. The van der Waals surface area contributed by atoms with Gasteiger partial charge in [-0.05, 0) is 19.1 Å². The number of amides is 1. The van der Waals surface area contributed by atoms with Crippen molar-refractivity contribution in [1.82, 2.24) is 10.2 Å². The maximum Gasteiger partial charge on any atom is 0.573 e. The Morgan fingerprint density at radius 2 is 2.03 bits per heavy atom. The number of halogens is 6. The molecule has 2 saturated heterocycles. The van der Waals surface area contributed by atoms with Crippen molar-refractivity contribution >= 4 is 39.1 Å². The van der Waals surface area contributed by atoms with Crippen LogP contribution in [0.3, 0.4) is 0 Å². The number of benzene rings is 1. The van der Waals surface area contributed by atoms with Gasteiger partial charge in [-0.3, -0.25) is 4.90 Å². The Bertz CT molecular complexity index is 1020. The highest BCUT2D eigenvalue weighted by molar-refractivity contribution is 7.20. The molecule has 1 amide bonds. The molecule has 0 bridgehead atoms. The minimum atomic E-state index is -5.05. The van der Waals surface area contributed by atoms with Crippen molar-refractivity contribution in [3.8, 4) is 5.75 Å². The number of aliphatic hydroxyl groups is 1. The van der Waals surface area contributed by atoms with Crippen molar-refractivity contribution in [2.75, 3.05) is 19.7 Å². The number of ether oxygens (including phenoxy) is 2. The minimum absolute atomic E-state index is 0.0139. The molecule has 2 aliphatic rings. The van der Waals surface area contributed by atoms with Crippen LogP contribution in [-0.4, -0.2) is 47.7 Å². The average Bonchev–Trinajstić information content (AvgIpc) is 3.12. The van der Waals surface area contributed by atoms with Crippen LogP contribution in [0.4, 0.5) is 26.7 Å². The zero-order chi connectivity index (χ0) is 22.1. The quantitative estimate of drug-likeness (QED) is 0.647. The second-order valence-corrected chi connectivity index (χ2v) is 8.77.